The Balaban J connectivity index is 1.62. The maximum absolute atomic E-state index is 12.2. The van der Waals surface area contributed by atoms with Crippen LogP contribution in [0.2, 0.25) is 0 Å². The summed E-state index contributed by atoms with van der Waals surface area (Å²) in [6, 6.07) is 3.84. The Morgan fingerprint density at radius 3 is 2.67 bits per heavy atom. The van der Waals surface area contributed by atoms with Crippen LogP contribution in [0.25, 0.3) is 11.5 Å². The van der Waals surface area contributed by atoms with Gasteiger partial charge in [-0.05, 0) is 43.7 Å². The fourth-order valence-electron chi connectivity index (χ4n) is 2.67. The van der Waals surface area contributed by atoms with Crippen LogP contribution >= 0.6 is 0 Å². The summed E-state index contributed by atoms with van der Waals surface area (Å²) in [6.45, 7) is 2.27. The minimum atomic E-state index is -0.0498. The van der Waals surface area contributed by atoms with Gasteiger partial charge < -0.3 is 5.32 Å². The molecule has 6 heteroatoms. The van der Waals surface area contributed by atoms with Gasteiger partial charge in [0, 0.05) is 12.2 Å². The van der Waals surface area contributed by atoms with E-state index in [0.29, 0.717) is 23.1 Å². The summed E-state index contributed by atoms with van der Waals surface area (Å²) >= 11 is 0. The number of rotatable bonds is 3. The molecule has 0 bridgehead atoms. The highest BCUT2D eigenvalue weighted by molar-refractivity contribution is 5.94. The molecule has 2 heterocycles. The number of nitrogens with one attached hydrogen (secondary N) is 2. The van der Waals surface area contributed by atoms with Gasteiger partial charge in [0.2, 0.25) is 0 Å². The van der Waals surface area contributed by atoms with E-state index in [9.17, 15) is 4.79 Å². The largest absolute Gasteiger partial charge is 0.349 e. The molecule has 0 unspecified atom stereocenters. The third-order valence-corrected chi connectivity index (χ3v) is 4.03. The number of carbonyl (C=O) groups is 1. The number of hydrogen-bond donors (Lipinski definition) is 2. The lowest BCUT2D eigenvalue weighted by Gasteiger charge is -2.26. The molecule has 1 fully saturated rings. The Morgan fingerprint density at radius 1 is 1.24 bits per heavy atom. The van der Waals surface area contributed by atoms with Crippen molar-refractivity contribution in [1.82, 2.24) is 25.5 Å². The summed E-state index contributed by atoms with van der Waals surface area (Å²) in [5.41, 5.74) is 1.26. The number of aromatic amines is 1. The zero-order valence-corrected chi connectivity index (χ0v) is 12.0. The number of amides is 1. The van der Waals surface area contributed by atoms with E-state index in [0.717, 1.165) is 18.8 Å². The van der Waals surface area contributed by atoms with E-state index in [1.165, 1.54) is 19.2 Å². The van der Waals surface area contributed by atoms with Gasteiger partial charge in [-0.2, -0.15) is 5.10 Å². The van der Waals surface area contributed by atoms with Gasteiger partial charge in [0.25, 0.3) is 5.91 Å². The van der Waals surface area contributed by atoms with Crippen molar-refractivity contribution in [2.75, 3.05) is 0 Å². The van der Waals surface area contributed by atoms with E-state index < -0.39 is 0 Å². The van der Waals surface area contributed by atoms with Crippen LogP contribution < -0.4 is 5.32 Å². The predicted molar refractivity (Wildman–Crippen MR) is 78.5 cm³/mol. The van der Waals surface area contributed by atoms with E-state index in [2.05, 4.69) is 32.4 Å². The lowest BCUT2D eigenvalue weighted by molar-refractivity contribution is 0.0922. The zero-order valence-electron chi connectivity index (χ0n) is 12.0. The number of pyridine rings is 1. The SMILES string of the molecule is CC1CCC(NC(=O)c2ccc(-c3ncn[nH]3)nc2)CC1. The summed E-state index contributed by atoms with van der Waals surface area (Å²) in [5, 5.41) is 9.63. The normalized spacial score (nSPS) is 22.0. The standard InChI is InChI=1S/C15H19N5O/c1-10-2-5-12(6-3-10)19-15(21)11-4-7-13(16-8-11)14-17-9-18-20-14/h4,7-10,12H,2-3,5-6H2,1H3,(H,19,21)(H,17,18,20). The van der Waals surface area contributed by atoms with Gasteiger partial charge in [0.05, 0.1) is 5.56 Å². The van der Waals surface area contributed by atoms with E-state index in [-0.39, 0.29) is 5.91 Å². The summed E-state index contributed by atoms with van der Waals surface area (Å²) in [7, 11) is 0. The molecular weight excluding hydrogens is 266 g/mol. The molecular formula is C15H19N5O. The lowest BCUT2D eigenvalue weighted by atomic mass is 9.87. The molecule has 110 valence electrons. The van der Waals surface area contributed by atoms with Gasteiger partial charge in [-0.1, -0.05) is 6.92 Å². The quantitative estimate of drug-likeness (QED) is 0.905. The van der Waals surface area contributed by atoms with Gasteiger partial charge in [0.15, 0.2) is 5.82 Å². The molecule has 3 rings (SSSR count). The fourth-order valence-corrected chi connectivity index (χ4v) is 2.67. The molecule has 1 aliphatic rings. The molecule has 0 aromatic carbocycles. The molecule has 2 aromatic rings. The van der Waals surface area contributed by atoms with Gasteiger partial charge in [0.1, 0.15) is 12.0 Å². The van der Waals surface area contributed by atoms with Gasteiger partial charge >= 0.3 is 0 Å². The van der Waals surface area contributed by atoms with Crippen molar-refractivity contribution in [3.63, 3.8) is 0 Å². The summed E-state index contributed by atoms with van der Waals surface area (Å²) < 4.78 is 0. The third kappa shape index (κ3) is 3.26. The Labute approximate surface area is 123 Å². The molecule has 2 N–H and O–H groups in total. The number of nitrogens with zero attached hydrogens (tertiary/aromatic N) is 3. The first kappa shape index (κ1) is 13.7. The molecule has 2 aromatic heterocycles. The predicted octanol–water partition coefficient (Wildman–Crippen LogP) is 2.18. The van der Waals surface area contributed by atoms with Crippen molar-refractivity contribution in [2.45, 2.75) is 38.6 Å². The molecule has 0 radical (unpaired) electrons. The molecule has 0 atom stereocenters. The highest BCUT2D eigenvalue weighted by Gasteiger charge is 2.20. The highest BCUT2D eigenvalue weighted by atomic mass is 16.1. The first-order chi connectivity index (χ1) is 10.2. The van der Waals surface area contributed by atoms with Crippen LogP contribution in [-0.4, -0.2) is 32.1 Å². The van der Waals surface area contributed by atoms with Gasteiger partial charge in [-0.3, -0.25) is 14.9 Å². The first-order valence-corrected chi connectivity index (χ1v) is 7.35. The van der Waals surface area contributed by atoms with Crippen molar-refractivity contribution in [1.29, 1.82) is 0 Å². The van der Waals surface area contributed by atoms with Crippen LogP contribution in [0.5, 0.6) is 0 Å². The maximum atomic E-state index is 12.2. The first-order valence-electron chi connectivity index (χ1n) is 7.35. The summed E-state index contributed by atoms with van der Waals surface area (Å²) in [6.07, 6.45) is 7.52. The lowest BCUT2D eigenvalue weighted by Crippen LogP contribution is -2.37. The van der Waals surface area contributed by atoms with Crippen molar-refractivity contribution in [3.8, 4) is 11.5 Å². The topological polar surface area (TPSA) is 83.6 Å². The Hall–Kier alpha value is -2.24. The molecule has 1 aliphatic carbocycles. The minimum Gasteiger partial charge on any atom is -0.349 e. The second kappa shape index (κ2) is 6.03. The minimum absolute atomic E-state index is 0.0498. The number of aromatic nitrogens is 4. The maximum Gasteiger partial charge on any atom is 0.253 e. The van der Waals surface area contributed by atoms with Gasteiger partial charge in [-0.15, -0.1) is 0 Å². The Kier molecular flexibility index (Phi) is 3.94. The fraction of sp³-hybridized carbons (Fsp3) is 0.467. The van der Waals surface area contributed by atoms with Crippen molar-refractivity contribution in [2.24, 2.45) is 5.92 Å². The van der Waals surface area contributed by atoms with Crippen molar-refractivity contribution < 1.29 is 4.79 Å². The Morgan fingerprint density at radius 2 is 2.05 bits per heavy atom. The van der Waals surface area contributed by atoms with Gasteiger partial charge in [-0.25, -0.2) is 4.98 Å². The summed E-state index contributed by atoms with van der Waals surface area (Å²) in [5.74, 6) is 1.33. The van der Waals surface area contributed by atoms with Crippen LogP contribution in [0.15, 0.2) is 24.7 Å². The molecule has 1 amide bonds. The molecule has 0 saturated heterocycles. The zero-order chi connectivity index (χ0) is 14.7. The average Bonchev–Trinajstić information content (AvgIpc) is 3.04. The average molecular weight is 285 g/mol. The number of carbonyl (C=O) groups excluding carboxylic acids is 1. The van der Waals surface area contributed by atoms with E-state index in [4.69, 9.17) is 0 Å². The third-order valence-electron chi connectivity index (χ3n) is 4.03. The molecule has 21 heavy (non-hydrogen) atoms. The van der Waals surface area contributed by atoms with Crippen LogP contribution in [0.3, 0.4) is 0 Å². The molecule has 0 spiro atoms. The van der Waals surface area contributed by atoms with Crippen LogP contribution in [-0.2, 0) is 0 Å². The van der Waals surface area contributed by atoms with Crippen LogP contribution in [0.4, 0.5) is 0 Å². The number of H-pyrrole nitrogens is 1. The molecule has 1 saturated carbocycles. The van der Waals surface area contributed by atoms with E-state index >= 15 is 0 Å². The smallest absolute Gasteiger partial charge is 0.253 e. The number of hydrogen-bond acceptors (Lipinski definition) is 4. The Bertz CT molecular complexity index is 585. The van der Waals surface area contributed by atoms with Crippen LogP contribution in [0, 0.1) is 5.92 Å². The van der Waals surface area contributed by atoms with Crippen molar-refractivity contribution in [3.05, 3.63) is 30.2 Å². The van der Waals surface area contributed by atoms with Crippen molar-refractivity contribution >= 4 is 5.91 Å². The van der Waals surface area contributed by atoms with Crippen LogP contribution in [0.1, 0.15) is 43.0 Å². The summed E-state index contributed by atoms with van der Waals surface area (Å²) in [4.78, 5) is 20.5. The highest BCUT2D eigenvalue weighted by Crippen LogP contribution is 2.23. The monoisotopic (exact) mass is 285 g/mol. The molecule has 6 nitrogen and oxygen atoms in total. The van der Waals surface area contributed by atoms with E-state index in [1.54, 1.807) is 18.3 Å². The second-order valence-corrected chi connectivity index (χ2v) is 5.70. The molecule has 0 aliphatic heterocycles. The van der Waals surface area contributed by atoms with E-state index in [1.807, 2.05) is 0 Å². The second-order valence-electron chi connectivity index (χ2n) is 5.70.